The zero-order valence-corrected chi connectivity index (χ0v) is 16.1. The van der Waals surface area contributed by atoms with Gasteiger partial charge in [-0.05, 0) is 47.9 Å². The molecule has 29 heavy (non-hydrogen) atoms. The molecule has 2 aromatic heterocycles. The Hall–Kier alpha value is -3.67. The number of rotatable bonds is 8. The number of pyridine rings is 2. The van der Waals surface area contributed by atoms with Crippen LogP contribution in [0.4, 0.5) is 10.2 Å². The lowest BCUT2D eigenvalue weighted by molar-refractivity contribution is 0.288. The van der Waals surface area contributed by atoms with E-state index in [1.54, 1.807) is 43.8 Å². The van der Waals surface area contributed by atoms with E-state index in [4.69, 9.17) is 15.2 Å². The minimum Gasteiger partial charge on any atom is -0.496 e. The number of benzene rings is 1. The first kappa shape index (κ1) is 20.1. The predicted molar refractivity (Wildman–Crippen MR) is 111 cm³/mol. The Labute approximate surface area is 169 Å². The van der Waals surface area contributed by atoms with E-state index in [1.807, 2.05) is 24.3 Å². The maximum absolute atomic E-state index is 13.7. The zero-order chi connectivity index (χ0) is 20.6. The Morgan fingerprint density at radius 3 is 2.72 bits per heavy atom. The number of hydrogen-bond donors (Lipinski definition) is 1. The van der Waals surface area contributed by atoms with Gasteiger partial charge in [-0.3, -0.25) is 0 Å². The Bertz CT molecular complexity index is 1030. The molecule has 1 aromatic carbocycles. The molecule has 2 heterocycles. The van der Waals surface area contributed by atoms with E-state index in [0.717, 1.165) is 11.1 Å². The molecule has 0 aliphatic heterocycles. The number of nitrogens with zero attached hydrogens (tertiary/aromatic N) is 2. The normalized spacial score (nSPS) is 11.2. The molecular weight excluding hydrogens is 369 g/mol. The summed E-state index contributed by atoms with van der Waals surface area (Å²) in [6, 6.07) is 13.8. The topological polar surface area (TPSA) is 70.3 Å². The van der Waals surface area contributed by atoms with Crippen molar-refractivity contribution in [3.63, 3.8) is 0 Å². The molecule has 3 rings (SSSR count). The number of nitrogen functional groups attached to an aromatic ring is 1. The Balaban J connectivity index is 1.68. The Morgan fingerprint density at radius 1 is 1.14 bits per heavy atom. The van der Waals surface area contributed by atoms with E-state index in [2.05, 4.69) is 16.5 Å². The molecule has 3 aromatic rings. The molecule has 6 heteroatoms. The molecule has 0 bridgehead atoms. The van der Waals surface area contributed by atoms with Crippen molar-refractivity contribution in [2.75, 3.05) is 12.8 Å². The van der Waals surface area contributed by atoms with E-state index >= 15 is 0 Å². The fraction of sp³-hybridized carbons (Fsp3) is 0.130. The molecular formula is C23H22FN3O2. The summed E-state index contributed by atoms with van der Waals surface area (Å²) < 4.78 is 24.8. The third-order valence-corrected chi connectivity index (χ3v) is 4.22. The third-order valence-electron chi connectivity index (χ3n) is 4.22. The first-order valence-electron chi connectivity index (χ1n) is 9.02. The van der Waals surface area contributed by atoms with Crippen LogP contribution in [0.5, 0.6) is 5.88 Å². The van der Waals surface area contributed by atoms with Gasteiger partial charge in [0.2, 0.25) is 5.88 Å². The minimum absolute atomic E-state index is 0.109. The fourth-order valence-electron chi connectivity index (χ4n) is 2.78. The lowest BCUT2D eigenvalue weighted by Gasteiger charge is -2.10. The van der Waals surface area contributed by atoms with E-state index < -0.39 is 0 Å². The highest BCUT2D eigenvalue weighted by Crippen LogP contribution is 2.23. The van der Waals surface area contributed by atoms with Gasteiger partial charge in [-0.1, -0.05) is 24.8 Å². The van der Waals surface area contributed by atoms with Crippen molar-refractivity contribution in [1.29, 1.82) is 0 Å². The molecule has 0 saturated heterocycles. The third kappa shape index (κ3) is 5.42. The molecule has 0 radical (unpaired) electrons. The molecule has 0 fully saturated rings. The van der Waals surface area contributed by atoms with Crippen molar-refractivity contribution < 1.29 is 13.9 Å². The molecule has 0 aliphatic rings. The molecule has 0 aliphatic carbocycles. The summed E-state index contributed by atoms with van der Waals surface area (Å²) in [7, 11) is 1.58. The average Bonchev–Trinajstić information content (AvgIpc) is 2.72. The Morgan fingerprint density at radius 2 is 1.97 bits per heavy atom. The molecule has 148 valence electrons. The van der Waals surface area contributed by atoms with E-state index in [-0.39, 0.29) is 12.4 Å². The number of hydrogen-bond acceptors (Lipinski definition) is 5. The largest absolute Gasteiger partial charge is 0.496 e. The van der Waals surface area contributed by atoms with Crippen LogP contribution in [0.15, 0.2) is 79.2 Å². The molecule has 0 unspecified atom stereocenters. The molecule has 0 amide bonds. The van der Waals surface area contributed by atoms with Gasteiger partial charge in [0.1, 0.15) is 24.0 Å². The van der Waals surface area contributed by atoms with E-state index in [0.29, 0.717) is 35.0 Å². The minimum atomic E-state index is -0.302. The maximum Gasteiger partial charge on any atom is 0.213 e. The number of allylic oxidation sites excluding steroid dienone is 2. The van der Waals surface area contributed by atoms with Crippen LogP contribution in [-0.2, 0) is 17.8 Å². The highest BCUT2D eigenvalue weighted by atomic mass is 19.1. The number of aromatic nitrogens is 2. The van der Waals surface area contributed by atoms with Crippen molar-refractivity contribution in [1.82, 2.24) is 9.97 Å². The summed E-state index contributed by atoms with van der Waals surface area (Å²) in [5, 5.41) is 0. The summed E-state index contributed by atoms with van der Waals surface area (Å²) in [6.07, 6.45) is 5.67. The van der Waals surface area contributed by atoms with Crippen molar-refractivity contribution >= 4 is 11.6 Å². The second-order valence-corrected chi connectivity index (χ2v) is 6.37. The van der Waals surface area contributed by atoms with E-state index in [9.17, 15) is 4.39 Å². The fourth-order valence-corrected chi connectivity index (χ4v) is 2.78. The lowest BCUT2D eigenvalue weighted by atomic mass is 10.1. The van der Waals surface area contributed by atoms with Gasteiger partial charge in [-0.25, -0.2) is 14.4 Å². The van der Waals surface area contributed by atoms with Gasteiger partial charge in [0.15, 0.2) is 0 Å². The summed E-state index contributed by atoms with van der Waals surface area (Å²) >= 11 is 0. The molecule has 5 nitrogen and oxygen atoms in total. The smallest absolute Gasteiger partial charge is 0.213 e. The van der Waals surface area contributed by atoms with Gasteiger partial charge in [0.05, 0.1) is 12.7 Å². The monoisotopic (exact) mass is 391 g/mol. The van der Waals surface area contributed by atoms with Gasteiger partial charge >= 0.3 is 0 Å². The van der Waals surface area contributed by atoms with Crippen molar-refractivity contribution in [2.24, 2.45) is 0 Å². The SMILES string of the molecule is C=C(/C=C(\OC)c1cccnc1N)Cc1ccnc(OCc2ccccc2F)c1. The zero-order valence-electron chi connectivity index (χ0n) is 16.1. The van der Waals surface area contributed by atoms with Crippen LogP contribution in [0.1, 0.15) is 16.7 Å². The highest BCUT2D eigenvalue weighted by molar-refractivity contribution is 5.70. The standard InChI is InChI=1S/C23H22FN3O2/c1-16(13-21(28-2)19-7-5-10-27-23(19)25)12-17-9-11-26-22(14-17)29-15-18-6-3-4-8-20(18)24/h3-11,13-14H,1,12,15H2,2H3,(H2,25,27)/b21-13-. The number of halogens is 1. The van der Waals surface area contributed by atoms with Crippen molar-refractivity contribution in [3.05, 3.63) is 102 Å². The first-order valence-corrected chi connectivity index (χ1v) is 9.02. The average molecular weight is 391 g/mol. The summed E-state index contributed by atoms with van der Waals surface area (Å²) in [5.74, 6) is 1.10. The maximum atomic E-state index is 13.7. The Kier molecular flexibility index (Phi) is 6.58. The number of anilines is 1. The van der Waals surface area contributed by atoms with Gasteiger partial charge in [-0.15, -0.1) is 0 Å². The molecule has 2 N–H and O–H groups in total. The van der Waals surface area contributed by atoms with Crippen LogP contribution in [-0.4, -0.2) is 17.1 Å². The van der Waals surface area contributed by atoms with Gasteiger partial charge < -0.3 is 15.2 Å². The van der Waals surface area contributed by atoms with Crippen LogP contribution in [0.25, 0.3) is 5.76 Å². The summed E-state index contributed by atoms with van der Waals surface area (Å²) in [4.78, 5) is 8.27. The predicted octanol–water partition coefficient (Wildman–Crippen LogP) is 4.56. The van der Waals surface area contributed by atoms with Crippen LogP contribution in [0.2, 0.25) is 0 Å². The quantitative estimate of drug-likeness (QED) is 0.450. The van der Waals surface area contributed by atoms with Crippen molar-refractivity contribution in [3.8, 4) is 5.88 Å². The van der Waals surface area contributed by atoms with Gasteiger partial charge in [-0.2, -0.15) is 0 Å². The number of nitrogens with two attached hydrogens (primary N) is 1. The number of methoxy groups -OCH3 is 1. The second kappa shape index (κ2) is 9.50. The van der Waals surface area contributed by atoms with Crippen molar-refractivity contribution in [2.45, 2.75) is 13.0 Å². The van der Waals surface area contributed by atoms with Gasteiger partial charge in [0.25, 0.3) is 0 Å². The lowest BCUT2D eigenvalue weighted by Crippen LogP contribution is -2.01. The molecule has 0 saturated carbocycles. The highest BCUT2D eigenvalue weighted by Gasteiger charge is 2.08. The number of ether oxygens (including phenoxy) is 2. The van der Waals surface area contributed by atoms with Crippen LogP contribution >= 0.6 is 0 Å². The second-order valence-electron chi connectivity index (χ2n) is 6.37. The van der Waals surface area contributed by atoms with Crippen LogP contribution in [0, 0.1) is 5.82 Å². The van der Waals surface area contributed by atoms with Crippen LogP contribution in [0.3, 0.4) is 0 Å². The molecule has 0 spiro atoms. The summed E-state index contributed by atoms with van der Waals surface area (Å²) in [6.45, 7) is 4.21. The molecule has 0 atom stereocenters. The van der Waals surface area contributed by atoms with E-state index in [1.165, 1.54) is 6.07 Å². The summed E-state index contributed by atoms with van der Waals surface area (Å²) in [5.41, 5.74) is 8.88. The first-order chi connectivity index (χ1) is 14.1. The van der Waals surface area contributed by atoms with Gasteiger partial charge in [0, 0.05) is 24.0 Å². The van der Waals surface area contributed by atoms with Crippen LogP contribution < -0.4 is 10.5 Å².